The Bertz CT molecular complexity index is 669. The highest BCUT2D eigenvalue weighted by Gasteiger charge is 2.30. The number of carbonyl (C=O) groups excluding carboxylic acids is 4. The molecule has 0 aliphatic rings. The van der Waals surface area contributed by atoms with Gasteiger partial charge < -0.3 is 37.6 Å². The molecule has 0 aliphatic heterocycles. The van der Waals surface area contributed by atoms with Crippen molar-refractivity contribution in [1.29, 1.82) is 0 Å². The monoisotopic (exact) mass is 431 g/mol. The lowest BCUT2D eigenvalue weighted by molar-refractivity contribution is -0.144. The van der Waals surface area contributed by atoms with E-state index >= 15 is 0 Å². The minimum absolute atomic E-state index is 0.297. The first-order valence-corrected chi connectivity index (χ1v) is 9.24. The number of nitrogens with two attached hydrogens (primary N) is 2. The van der Waals surface area contributed by atoms with Crippen molar-refractivity contribution in [3.63, 3.8) is 0 Å². The summed E-state index contributed by atoms with van der Waals surface area (Å²) in [5.41, 5.74) is 10.4. The van der Waals surface area contributed by atoms with E-state index in [1.54, 1.807) is 13.8 Å². The van der Waals surface area contributed by atoms with Crippen LogP contribution in [0.25, 0.3) is 0 Å². The molecule has 0 saturated heterocycles. The van der Waals surface area contributed by atoms with Crippen LogP contribution < -0.4 is 27.4 Å². The van der Waals surface area contributed by atoms with Gasteiger partial charge in [0.1, 0.15) is 12.1 Å². The van der Waals surface area contributed by atoms with E-state index in [9.17, 15) is 33.9 Å². The molecule has 0 rings (SSSR count). The number of hydrogen-bond acceptors (Lipinski definition) is 7. The molecule has 0 bridgehead atoms. The Balaban J connectivity index is 5.03. The van der Waals surface area contributed by atoms with Crippen molar-refractivity contribution in [3.05, 3.63) is 0 Å². The van der Waals surface area contributed by atoms with Crippen molar-refractivity contribution in [2.45, 2.75) is 57.7 Å². The minimum atomic E-state index is -1.34. The smallest absolute Gasteiger partial charge is 0.326 e. The first kappa shape index (κ1) is 26.8. The zero-order valence-electron chi connectivity index (χ0n) is 16.8. The summed E-state index contributed by atoms with van der Waals surface area (Å²) < 4.78 is 0. The van der Waals surface area contributed by atoms with Gasteiger partial charge in [-0.25, -0.2) is 4.79 Å². The third-order valence-electron chi connectivity index (χ3n) is 4.26. The number of hydrogen-bond donors (Lipinski definition) is 7. The van der Waals surface area contributed by atoms with Gasteiger partial charge >= 0.3 is 11.9 Å². The normalized spacial score (nSPS) is 14.5. The average molecular weight is 431 g/mol. The van der Waals surface area contributed by atoms with E-state index < -0.39 is 79.0 Å². The van der Waals surface area contributed by atoms with Crippen LogP contribution in [0.5, 0.6) is 0 Å². The second-order valence-electron chi connectivity index (χ2n) is 6.76. The number of nitrogens with one attached hydrogen (secondary N) is 3. The lowest BCUT2D eigenvalue weighted by Crippen LogP contribution is -2.55. The van der Waals surface area contributed by atoms with Gasteiger partial charge in [-0.1, -0.05) is 20.3 Å². The van der Waals surface area contributed by atoms with Gasteiger partial charge in [-0.05, 0) is 12.3 Å². The molecule has 0 aromatic heterocycles. The van der Waals surface area contributed by atoms with Crippen LogP contribution in [0.4, 0.5) is 0 Å². The number of amides is 4. The van der Waals surface area contributed by atoms with E-state index in [-0.39, 0.29) is 6.42 Å². The molecule has 0 saturated carbocycles. The van der Waals surface area contributed by atoms with Crippen LogP contribution in [0, 0.1) is 5.92 Å². The predicted molar refractivity (Wildman–Crippen MR) is 103 cm³/mol. The van der Waals surface area contributed by atoms with Crippen LogP contribution >= 0.6 is 0 Å². The van der Waals surface area contributed by atoms with Crippen molar-refractivity contribution >= 4 is 35.6 Å². The molecule has 13 nitrogen and oxygen atoms in total. The molecular formula is C17H29N5O8. The van der Waals surface area contributed by atoms with Crippen LogP contribution in [-0.2, 0) is 28.8 Å². The number of rotatable bonds is 14. The Morgan fingerprint density at radius 1 is 1.00 bits per heavy atom. The van der Waals surface area contributed by atoms with Crippen molar-refractivity contribution in [2.75, 3.05) is 6.54 Å². The topological polar surface area (TPSA) is 231 Å². The van der Waals surface area contributed by atoms with E-state index in [1.807, 2.05) is 0 Å². The maximum Gasteiger partial charge on any atom is 0.326 e. The molecule has 0 aliphatic carbocycles. The average Bonchev–Trinajstić information content (AvgIpc) is 2.65. The minimum Gasteiger partial charge on any atom is -0.481 e. The Kier molecular flexibility index (Phi) is 11.7. The maximum absolute atomic E-state index is 12.5. The second-order valence-corrected chi connectivity index (χ2v) is 6.76. The van der Waals surface area contributed by atoms with E-state index in [2.05, 4.69) is 16.0 Å². The van der Waals surface area contributed by atoms with Crippen LogP contribution in [0.2, 0.25) is 0 Å². The summed E-state index contributed by atoms with van der Waals surface area (Å²) >= 11 is 0. The molecular weight excluding hydrogens is 402 g/mol. The van der Waals surface area contributed by atoms with Gasteiger partial charge in [0.05, 0.1) is 19.0 Å². The van der Waals surface area contributed by atoms with Gasteiger partial charge in [-0.15, -0.1) is 0 Å². The summed E-state index contributed by atoms with van der Waals surface area (Å²) in [5.74, 6) is -6.22. The number of primary amides is 1. The van der Waals surface area contributed by atoms with Crippen molar-refractivity contribution in [2.24, 2.45) is 17.4 Å². The molecule has 30 heavy (non-hydrogen) atoms. The molecule has 0 aromatic rings. The maximum atomic E-state index is 12.5. The van der Waals surface area contributed by atoms with E-state index in [0.29, 0.717) is 6.42 Å². The fraction of sp³-hybridized carbons (Fsp3) is 0.647. The van der Waals surface area contributed by atoms with Gasteiger partial charge in [-0.3, -0.25) is 24.0 Å². The van der Waals surface area contributed by atoms with Gasteiger partial charge in [0, 0.05) is 6.42 Å². The summed E-state index contributed by atoms with van der Waals surface area (Å²) in [6.07, 6.45) is -0.728. The third-order valence-corrected chi connectivity index (χ3v) is 4.26. The van der Waals surface area contributed by atoms with Crippen molar-refractivity contribution in [1.82, 2.24) is 16.0 Å². The van der Waals surface area contributed by atoms with Gasteiger partial charge in [0.2, 0.25) is 23.6 Å². The summed E-state index contributed by atoms with van der Waals surface area (Å²) in [6, 6.07) is -3.82. The van der Waals surface area contributed by atoms with Crippen molar-refractivity contribution in [3.8, 4) is 0 Å². The van der Waals surface area contributed by atoms with E-state index in [1.165, 1.54) is 0 Å². The van der Waals surface area contributed by atoms with Gasteiger partial charge in [0.15, 0.2) is 0 Å². The fourth-order valence-electron chi connectivity index (χ4n) is 2.33. The SMILES string of the molecule is CCC(C)C(NC(=O)C(CCC(=O)O)NC(=O)CNC(=O)C(N)CC(N)=O)C(=O)O. The highest BCUT2D eigenvalue weighted by Crippen LogP contribution is 2.09. The predicted octanol–water partition coefficient (Wildman–Crippen LogP) is -2.73. The Morgan fingerprint density at radius 2 is 1.60 bits per heavy atom. The summed E-state index contributed by atoms with van der Waals surface area (Å²) in [4.78, 5) is 69.2. The molecule has 4 unspecified atom stereocenters. The van der Waals surface area contributed by atoms with Crippen LogP contribution in [0.3, 0.4) is 0 Å². The highest BCUT2D eigenvalue weighted by molar-refractivity contribution is 5.93. The fourth-order valence-corrected chi connectivity index (χ4v) is 2.33. The summed E-state index contributed by atoms with van der Waals surface area (Å²) in [7, 11) is 0. The van der Waals surface area contributed by atoms with Gasteiger partial charge in [-0.2, -0.15) is 0 Å². The summed E-state index contributed by atoms with van der Waals surface area (Å²) in [6.45, 7) is 2.76. The number of carboxylic acids is 2. The molecule has 4 atom stereocenters. The Morgan fingerprint density at radius 3 is 2.07 bits per heavy atom. The zero-order chi connectivity index (χ0) is 23.4. The van der Waals surface area contributed by atoms with Crippen LogP contribution in [-0.4, -0.2) is 70.5 Å². The zero-order valence-corrected chi connectivity index (χ0v) is 16.8. The lowest BCUT2D eigenvalue weighted by atomic mass is 9.98. The molecule has 0 spiro atoms. The third kappa shape index (κ3) is 10.4. The first-order chi connectivity index (χ1) is 13.9. The first-order valence-electron chi connectivity index (χ1n) is 9.24. The van der Waals surface area contributed by atoms with Crippen molar-refractivity contribution < 1.29 is 39.0 Å². The molecule has 0 heterocycles. The van der Waals surface area contributed by atoms with E-state index in [4.69, 9.17) is 16.6 Å². The molecule has 170 valence electrons. The molecule has 0 radical (unpaired) electrons. The molecule has 13 heteroatoms. The largest absolute Gasteiger partial charge is 0.481 e. The molecule has 9 N–H and O–H groups in total. The van der Waals surface area contributed by atoms with Gasteiger partial charge in [0.25, 0.3) is 0 Å². The Labute approximate surface area is 172 Å². The quantitative estimate of drug-likeness (QED) is 0.151. The molecule has 0 fully saturated rings. The van der Waals surface area contributed by atoms with Crippen LogP contribution in [0.1, 0.15) is 39.5 Å². The number of carbonyl (C=O) groups is 6. The van der Waals surface area contributed by atoms with Crippen LogP contribution in [0.15, 0.2) is 0 Å². The lowest BCUT2D eigenvalue weighted by Gasteiger charge is -2.24. The van der Waals surface area contributed by atoms with E-state index in [0.717, 1.165) is 0 Å². The number of aliphatic carboxylic acids is 2. The number of carboxylic acid groups (broad SMARTS) is 2. The summed E-state index contributed by atoms with van der Waals surface area (Å²) in [5, 5.41) is 24.8. The molecule has 0 aromatic carbocycles. The molecule has 4 amide bonds. The highest BCUT2D eigenvalue weighted by atomic mass is 16.4. The Hall–Kier alpha value is -3.22. The second kappa shape index (κ2) is 13.1. The standard InChI is InChI=1S/C17H29N5O8/c1-3-8(2)14(17(29)30)22-16(28)10(4-5-13(25)26)21-12(24)7-20-15(27)9(18)6-11(19)23/h8-10,14H,3-7,18H2,1-2H3,(H2,19,23)(H,20,27)(H,21,24)(H,22,28)(H,25,26)(H,29,30).